The number of halogens is 4. The summed E-state index contributed by atoms with van der Waals surface area (Å²) in [6.45, 7) is 0.263. The topological polar surface area (TPSA) is 69.6 Å². The summed E-state index contributed by atoms with van der Waals surface area (Å²) in [5.41, 5.74) is 0.651. The van der Waals surface area contributed by atoms with Gasteiger partial charge in [0.2, 0.25) is 0 Å². The number of rotatable bonds is 2. The van der Waals surface area contributed by atoms with E-state index >= 15 is 0 Å². The van der Waals surface area contributed by atoms with E-state index in [-0.39, 0.29) is 5.69 Å². The van der Waals surface area contributed by atoms with Gasteiger partial charge in [-0.3, -0.25) is 4.79 Å². The summed E-state index contributed by atoms with van der Waals surface area (Å²) in [6, 6.07) is 2.70. The number of aliphatic carboxylic acids is 1. The molecule has 1 aliphatic heterocycles. The Morgan fingerprint density at radius 3 is 2.43 bits per heavy atom. The third-order valence-electron chi connectivity index (χ3n) is 3.77. The average molecular weight is 334 g/mol. The minimum absolute atomic E-state index is 0.249. The largest absolute Gasteiger partial charge is 0.481 e. The molecule has 0 saturated carbocycles. The van der Waals surface area contributed by atoms with Crippen molar-refractivity contribution in [1.29, 1.82) is 0 Å². The fourth-order valence-corrected chi connectivity index (χ4v) is 2.51. The van der Waals surface area contributed by atoms with Crippen LogP contribution in [0.2, 0.25) is 0 Å². The van der Waals surface area contributed by atoms with Crippen molar-refractivity contribution < 1.29 is 32.3 Å². The highest BCUT2D eigenvalue weighted by Gasteiger charge is 2.53. The van der Waals surface area contributed by atoms with Gasteiger partial charge in [0.15, 0.2) is 0 Å². The van der Waals surface area contributed by atoms with Gasteiger partial charge in [-0.1, -0.05) is 0 Å². The summed E-state index contributed by atoms with van der Waals surface area (Å²) in [7, 11) is 0. The fraction of sp³-hybridized carbons (Fsp3) is 0.429. The summed E-state index contributed by atoms with van der Waals surface area (Å²) in [5, 5.41) is 11.3. The Labute approximate surface area is 128 Å². The van der Waals surface area contributed by atoms with Gasteiger partial charge >= 0.3 is 18.2 Å². The van der Waals surface area contributed by atoms with E-state index in [1.807, 2.05) is 0 Å². The molecule has 0 spiro atoms. The molecule has 5 nitrogen and oxygen atoms in total. The second-order valence-electron chi connectivity index (χ2n) is 5.39. The van der Waals surface area contributed by atoms with Crippen LogP contribution in [0.1, 0.15) is 5.56 Å². The highest BCUT2D eigenvalue weighted by Crippen LogP contribution is 2.37. The van der Waals surface area contributed by atoms with Crippen molar-refractivity contribution in [2.45, 2.75) is 13.1 Å². The summed E-state index contributed by atoms with van der Waals surface area (Å²) in [4.78, 5) is 23.8. The molecule has 0 aromatic heterocycles. The number of anilines is 1. The predicted molar refractivity (Wildman–Crippen MR) is 72.4 cm³/mol. The second kappa shape index (κ2) is 6.05. The van der Waals surface area contributed by atoms with Crippen molar-refractivity contribution in [3.63, 3.8) is 0 Å². The van der Waals surface area contributed by atoms with Crippen LogP contribution < -0.4 is 5.32 Å². The SMILES string of the molecule is Cc1cc(F)ccc1NC(=O)N1C[C@@H](C(F)(F)F)[C@H](C(=O)O)C1. The molecule has 1 aromatic carbocycles. The van der Waals surface area contributed by atoms with Gasteiger partial charge in [-0.25, -0.2) is 9.18 Å². The van der Waals surface area contributed by atoms with Gasteiger partial charge in [0, 0.05) is 18.8 Å². The standard InChI is InChI=1S/C14H14F4N2O3/c1-7-4-8(15)2-3-11(7)19-13(23)20-5-9(12(21)22)10(6-20)14(16,17)18/h2-4,9-10H,5-6H2,1H3,(H,19,23)(H,21,22)/t9-,10-/m1/s1. The number of hydrogen-bond acceptors (Lipinski definition) is 2. The molecule has 9 heteroatoms. The number of carbonyl (C=O) groups is 2. The Bertz CT molecular complexity index is 633. The number of carboxylic acids is 1. The number of aryl methyl sites for hydroxylation is 1. The lowest BCUT2D eigenvalue weighted by Gasteiger charge is -2.19. The van der Waals surface area contributed by atoms with Crippen LogP contribution in [-0.4, -0.2) is 41.3 Å². The van der Waals surface area contributed by atoms with Crippen molar-refractivity contribution in [2.75, 3.05) is 18.4 Å². The summed E-state index contributed by atoms with van der Waals surface area (Å²) in [5.74, 6) is -5.92. The van der Waals surface area contributed by atoms with Gasteiger partial charge in [0.25, 0.3) is 0 Å². The molecule has 2 rings (SSSR count). The van der Waals surface area contributed by atoms with Crippen molar-refractivity contribution in [3.05, 3.63) is 29.6 Å². The minimum Gasteiger partial charge on any atom is -0.481 e. The Hall–Kier alpha value is -2.32. The summed E-state index contributed by atoms with van der Waals surface area (Å²) >= 11 is 0. The molecule has 2 atom stereocenters. The summed E-state index contributed by atoms with van der Waals surface area (Å²) in [6.07, 6.45) is -4.70. The molecule has 126 valence electrons. The number of carboxylic acid groups (broad SMARTS) is 1. The number of nitrogens with zero attached hydrogens (tertiary/aromatic N) is 1. The first-order valence-electron chi connectivity index (χ1n) is 6.71. The van der Waals surface area contributed by atoms with E-state index in [2.05, 4.69) is 5.32 Å². The van der Waals surface area contributed by atoms with Crippen LogP contribution >= 0.6 is 0 Å². The first kappa shape index (κ1) is 17.0. The number of nitrogens with one attached hydrogen (secondary N) is 1. The van der Waals surface area contributed by atoms with Crippen LogP contribution in [0.15, 0.2) is 18.2 Å². The van der Waals surface area contributed by atoms with Crippen LogP contribution in [-0.2, 0) is 4.79 Å². The number of amides is 2. The van der Waals surface area contributed by atoms with Gasteiger partial charge in [-0.2, -0.15) is 13.2 Å². The third kappa shape index (κ3) is 3.72. The molecule has 0 aliphatic carbocycles. The average Bonchev–Trinajstić information content (AvgIpc) is 2.87. The first-order valence-corrected chi connectivity index (χ1v) is 6.71. The van der Waals surface area contributed by atoms with Crippen molar-refractivity contribution in [2.24, 2.45) is 11.8 Å². The smallest absolute Gasteiger partial charge is 0.394 e. The maximum atomic E-state index is 13.0. The van der Waals surface area contributed by atoms with Crippen molar-refractivity contribution in [3.8, 4) is 0 Å². The Morgan fingerprint density at radius 2 is 1.96 bits per heavy atom. The van der Waals surface area contributed by atoms with E-state index in [0.717, 1.165) is 17.0 Å². The van der Waals surface area contributed by atoms with Gasteiger partial charge in [0.05, 0.1) is 11.8 Å². The fourth-order valence-electron chi connectivity index (χ4n) is 2.51. The van der Waals surface area contributed by atoms with Gasteiger partial charge in [0.1, 0.15) is 5.82 Å². The van der Waals surface area contributed by atoms with Crippen molar-refractivity contribution >= 4 is 17.7 Å². The van der Waals surface area contributed by atoms with E-state index in [9.17, 15) is 27.2 Å². The first-order chi connectivity index (χ1) is 10.6. The number of carbonyl (C=O) groups excluding carboxylic acids is 1. The van der Waals surface area contributed by atoms with Crippen LogP contribution in [0, 0.1) is 24.6 Å². The number of benzene rings is 1. The van der Waals surface area contributed by atoms with E-state index in [1.165, 1.54) is 13.0 Å². The number of hydrogen-bond donors (Lipinski definition) is 2. The summed E-state index contributed by atoms with van der Waals surface area (Å²) < 4.78 is 51.6. The molecule has 1 aliphatic rings. The van der Waals surface area contributed by atoms with E-state index in [0.29, 0.717) is 5.56 Å². The molecule has 1 saturated heterocycles. The molecular weight excluding hydrogens is 320 g/mol. The minimum atomic E-state index is -4.70. The Balaban J connectivity index is 2.13. The predicted octanol–water partition coefficient (Wildman–Crippen LogP) is 2.86. The van der Waals surface area contributed by atoms with Crippen LogP contribution in [0.3, 0.4) is 0 Å². The molecule has 1 fully saturated rings. The molecule has 0 unspecified atom stereocenters. The quantitative estimate of drug-likeness (QED) is 0.817. The molecule has 0 radical (unpaired) electrons. The second-order valence-corrected chi connectivity index (χ2v) is 5.39. The maximum absolute atomic E-state index is 13.0. The number of urea groups is 1. The molecule has 0 bridgehead atoms. The van der Waals surface area contributed by atoms with Crippen molar-refractivity contribution in [1.82, 2.24) is 4.90 Å². The number of likely N-dealkylation sites (tertiary alicyclic amines) is 1. The lowest BCUT2D eigenvalue weighted by atomic mass is 9.96. The lowest BCUT2D eigenvalue weighted by molar-refractivity contribution is -0.187. The van der Waals surface area contributed by atoms with Gasteiger partial charge < -0.3 is 15.3 Å². The van der Waals surface area contributed by atoms with E-state index in [1.54, 1.807) is 0 Å². The molecular formula is C14H14F4N2O3. The van der Waals surface area contributed by atoms with Gasteiger partial charge in [-0.05, 0) is 30.7 Å². The Kier molecular flexibility index (Phi) is 4.49. The molecule has 2 N–H and O–H groups in total. The van der Waals surface area contributed by atoms with Crippen LogP contribution in [0.4, 0.5) is 28.0 Å². The zero-order valence-electron chi connectivity index (χ0n) is 12.0. The lowest BCUT2D eigenvalue weighted by Crippen LogP contribution is -2.35. The maximum Gasteiger partial charge on any atom is 0.394 e. The zero-order valence-corrected chi connectivity index (χ0v) is 12.0. The van der Waals surface area contributed by atoms with Crippen LogP contribution in [0.5, 0.6) is 0 Å². The zero-order chi connectivity index (χ0) is 17.4. The molecule has 23 heavy (non-hydrogen) atoms. The third-order valence-corrected chi connectivity index (χ3v) is 3.77. The highest BCUT2D eigenvalue weighted by atomic mass is 19.4. The monoisotopic (exact) mass is 334 g/mol. The molecule has 1 aromatic rings. The highest BCUT2D eigenvalue weighted by molar-refractivity contribution is 5.91. The Morgan fingerprint density at radius 1 is 1.30 bits per heavy atom. The van der Waals surface area contributed by atoms with E-state index in [4.69, 9.17) is 5.11 Å². The molecule has 1 heterocycles. The molecule has 2 amide bonds. The van der Waals surface area contributed by atoms with Gasteiger partial charge in [-0.15, -0.1) is 0 Å². The normalized spacial score (nSPS) is 21.3. The van der Waals surface area contributed by atoms with Crippen LogP contribution in [0.25, 0.3) is 0 Å². The van der Waals surface area contributed by atoms with E-state index < -0.39 is 48.9 Å². The number of alkyl halides is 3.